The third kappa shape index (κ3) is 4.07. The van der Waals surface area contributed by atoms with Gasteiger partial charge in [-0.1, -0.05) is 0 Å². The van der Waals surface area contributed by atoms with Crippen molar-refractivity contribution in [3.05, 3.63) is 59.4 Å². The third-order valence-corrected chi connectivity index (χ3v) is 4.49. The molecular weight excluding hydrogens is 321 g/mol. The van der Waals surface area contributed by atoms with Crippen LogP contribution in [0.2, 0.25) is 0 Å². The number of rotatable bonds is 5. The van der Waals surface area contributed by atoms with E-state index in [1.165, 1.54) is 42.5 Å². The lowest BCUT2D eigenvalue weighted by atomic mass is 10.2. The summed E-state index contributed by atoms with van der Waals surface area (Å²) < 4.78 is 44.9. The lowest BCUT2D eigenvalue weighted by molar-refractivity contribution is 0.0526. The Morgan fingerprint density at radius 3 is 2.39 bits per heavy atom. The molecule has 1 N–H and O–H groups in total. The number of hydrogen-bond donors (Lipinski definition) is 1. The second kappa shape index (κ2) is 6.78. The Morgan fingerprint density at radius 2 is 1.83 bits per heavy atom. The summed E-state index contributed by atoms with van der Waals surface area (Å²) in [6.07, 6.45) is 0. The average molecular weight is 337 g/mol. The van der Waals surface area contributed by atoms with E-state index in [0.29, 0.717) is 11.3 Å². The number of sulfonamides is 1. The highest BCUT2D eigenvalue weighted by molar-refractivity contribution is 7.92. The highest BCUT2D eigenvalue weighted by Gasteiger charge is 2.16. The van der Waals surface area contributed by atoms with Crippen molar-refractivity contribution >= 4 is 21.7 Å². The fourth-order valence-electron chi connectivity index (χ4n) is 1.93. The number of carbonyl (C=O) groups excluding carboxylic acids is 1. The van der Waals surface area contributed by atoms with Crippen molar-refractivity contribution in [3.63, 3.8) is 0 Å². The number of aryl methyl sites for hydroxylation is 1. The van der Waals surface area contributed by atoms with E-state index in [1.54, 1.807) is 13.8 Å². The van der Waals surface area contributed by atoms with Gasteiger partial charge in [-0.3, -0.25) is 4.72 Å². The van der Waals surface area contributed by atoms with Gasteiger partial charge in [-0.15, -0.1) is 0 Å². The van der Waals surface area contributed by atoms with Crippen LogP contribution in [0.3, 0.4) is 0 Å². The van der Waals surface area contributed by atoms with Crippen molar-refractivity contribution in [1.82, 2.24) is 0 Å². The molecule has 0 saturated heterocycles. The van der Waals surface area contributed by atoms with Crippen molar-refractivity contribution in [2.75, 3.05) is 11.3 Å². The van der Waals surface area contributed by atoms with Crippen molar-refractivity contribution in [2.24, 2.45) is 0 Å². The standard InChI is InChI=1S/C16H16FNO4S/c1-3-22-16(19)12-4-7-14(8-5-12)23(20,21)18-15-9-6-13(17)10-11(15)2/h4-10,18H,3H2,1-2H3. The van der Waals surface area contributed by atoms with Gasteiger partial charge >= 0.3 is 5.97 Å². The molecule has 0 aliphatic rings. The van der Waals surface area contributed by atoms with E-state index in [0.717, 1.165) is 0 Å². The van der Waals surface area contributed by atoms with Gasteiger partial charge in [-0.2, -0.15) is 0 Å². The molecule has 122 valence electrons. The molecule has 0 aliphatic carbocycles. The lowest BCUT2D eigenvalue weighted by Crippen LogP contribution is -2.14. The van der Waals surface area contributed by atoms with Gasteiger partial charge in [0.2, 0.25) is 0 Å². The van der Waals surface area contributed by atoms with E-state index in [9.17, 15) is 17.6 Å². The lowest BCUT2D eigenvalue weighted by Gasteiger charge is -2.11. The molecule has 2 aromatic rings. The predicted molar refractivity (Wildman–Crippen MR) is 84.3 cm³/mol. The number of anilines is 1. The van der Waals surface area contributed by atoms with E-state index < -0.39 is 21.8 Å². The maximum Gasteiger partial charge on any atom is 0.338 e. The predicted octanol–water partition coefficient (Wildman–Crippen LogP) is 3.11. The summed E-state index contributed by atoms with van der Waals surface area (Å²) >= 11 is 0. The van der Waals surface area contributed by atoms with Crippen LogP contribution in [0.15, 0.2) is 47.4 Å². The maximum atomic E-state index is 13.1. The summed E-state index contributed by atoms with van der Waals surface area (Å²) in [4.78, 5) is 11.5. The molecule has 0 bridgehead atoms. The second-order valence-electron chi connectivity index (χ2n) is 4.81. The van der Waals surface area contributed by atoms with Gasteiger partial charge in [0.15, 0.2) is 0 Å². The number of benzene rings is 2. The molecule has 0 saturated carbocycles. The Morgan fingerprint density at radius 1 is 1.17 bits per heavy atom. The molecule has 0 amide bonds. The first kappa shape index (κ1) is 17.0. The molecule has 0 fully saturated rings. The minimum atomic E-state index is -3.83. The van der Waals surface area contributed by atoms with E-state index in [-0.39, 0.29) is 17.1 Å². The fourth-order valence-corrected chi connectivity index (χ4v) is 3.06. The molecule has 2 rings (SSSR count). The molecule has 0 aromatic heterocycles. The quantitative estimate of drug-likeness (QED) is 0.851. The van der Waals surface area contributed by atoms with Gasteiger partial charge in [-0.25, -0.2) is 17.6 Å². The van der Waals surface area contributed by atoms with Crippen LogP contribution in [0.1, 0.15) is 22.8 Å². The SMILES string of the molecule is CCOC(=O)c1ccc(S(=O)(=O)Nc2ccc(F)cc2C)cc1. The Labute approximate surface area is 134 Å². The molecule has 0 heterocycles. The van der Waals surface area contributed by atoms with Crippen molar-refractivity contribution in [1.29, 1.82) is 0 Å². The first-order valence-corrected chi connectivity index (χ1v) is 8.38. The second-order valence-corrected chi connectivity index (χ2v) is 6.49. The zero-order valence-electron chi connectivity index (χ0n) is 12.7. The molecular formula is C16H16FNO4S. The third-order valence-electron chi connectivity index (χ3n) is 3.11. The number of esters is 1. The molecule has 0 radical (unpaired) electrons. The number of carbonyl (C=O) groups is 1. The Bertz CT molecular complexity index is 816. The van der Waals surface area contributed by atoms with Crippen molar-refractivity contribution < 1.29 is 22.3 Å². The van der Waals surface area contributed by atoms with Crippen LogP contribution in [0.25, 0.3) is 0 Å². The highest BCUT2D eigenvalue weighted by atomic mass is 32.2. The van der Waals surface area contributed by atoms with Crippen LogP contribution >= 0.6 is 0 Å². The van der Waals surface area contributed by atoms with Crippen LogP contribution in [0.4, 0.5) is 10.1 Å². The van der Waals surface area contributed by atoms with Crippen molar-refractivity contribution in [2.45, 2.75) is 18.7 Å². The van der Waals surface area contributed by atoms with E-state index in [2.05, 4.69) is 4.72 Å². The van der Waals surface area contributed by atoms with Crippen molar-refractivity contribution in [3.8, 4) is 0 Å². The number of hydrogen-bond acceptors (Lipinski definition) is 4. The van der Waals surface area contributed by atoms with Crippen LogP contribution in [-0.4, -0.2) is 21.0 Å². The first-order valence-electron chi connectivity index (χ1n) is 6.89. The van der Waals surface area contributed by atoms with E-state index in [1.807, 2.05) is 0 Å². The Hall–Kier alpha value is -2.41. The Balaban J connectivity index is 2.24. The minimum Gasteiger partial charge on any atom is -0.462 e. The smallest absolute Gasteiger partial charge is 0.338 e. The summed E-state index contributed by atoms with van der Waals surface area (Å²) in [5.74, 6) is -0.956. The minimum absolute atomic E-state index is 0.00530. The molecule has 0 spiro atoms. The topological polar surface area (TPSA) is 72.5 Å². The monoisotopic (exact) mass is 337 g/mol. The molecule has 23 heavy (non-hydrogen) atoms. The Kier molecular flexibility index (Phi) is 5.00. The zero-order chi connectivity index (χ0) is 17.0. The summed E-state index contributed by atoms with van der Waals surface area (Å²) in [5, 5.41) is 0. The van der Waals surface area contributed by atoms with Gasteiger partial charge in [0.25, 0.3) is 10.0 Å². The van der Waals surface area contributed by atoms with Gasteiger partial charge in [0.1, 0.15) is 5.82 Å². The molecule has 2 aromatic carbocycles. The van der Waals surface area contributed by atoms with Gasteiger partial charge < -0.3 is 4.74 Å². The van der Waals surface area contributed by atoms with Gasteiger partial charge in [0, 0.05) is 0 Å². The van der Waals surface area contributed by atoms with Crippen LogP contribution < -0.4 is 4.72 Å². The fraction of sp³-hybridized carbons (Fsp3) is 0.188. The molecule has 5 nitrogen and oxygen atoms in total. The largest absolute Gasteiger partial charge is 0.462 e. The van der Waals surface area contributed by atoms with Crippen LogP contribution in [-0.2, 0) is 14.8 Å². The molecule has 0 aliphatic heterocycles. The zero-order valence-corrected chi connectivity index (χ0v) is 13.5. The summed E-state index contributed by atoms with van der Waals surface area (Å²) in [5.41, 5.74) is 1.03. The summed E-state index contributed by atoms with van der Waals surface area (Å²) in [6.45, 7) is 3.53. The average Bonchev–Trinajstić information content (AvgIpc) is 2.50. The number of halogens is 1. The maximum absolute atomic E-state index is 13.1. The summed E-state index contributed by atoms with van der Waals surface area (Å²) in [6, 6.07) is 9.15. The van der Waals surface area contributed by atoms with Gasteiger partial charge in [-0.05, 0) is 61.9 Å². The van der Waals surface area contributed by atoms with Crippen LogP contribution in [0.5, 0.6) is 0 Å². The summed E-state index contributed by atoms with van der Waals surface area (Å²) in [7, 11) is -3.83. The van der Waals surface area contributed by atoms with Gasteiger partial charge in [0.05, 0.1) is 22.8 Å². The molecule has 0 atom stereocenters. The van der Waals surface area contributed by atoms with E-state index in [4.69, 9.17) is 4.74 Å². The molecule has 0 unspecified atom stereocenters. The first-order chi connectivity index (χ1) is 10.8. The van der Waals surface area contributed by atoms with Crippen LogP contribution in [0, 0.1) is 12.7 Å². The highest BCUT2D eigenvalue weighted by Crippen LogP contribution is 2.21. The van der Waals surface area contributed by atoms with E-state index >= 15 is 0 Å². The number of ether oxygens (including phenoxy) is 1. The molecule has 7 heteroatoms. The normalized spacial score (nSPS) is 11.1. The number of nitrogens with one attached hydrogen (secondary N) is 1.